The molecule has 0 atom stereocenters. The lowest BCUT2D eigenvalue weighted by Gasteiger charge is -2.17. The summed E-state index contributed by atoms with van der Waals surface area (Å²) in [6, 6.07) is 45.2. The van der Waals surface area contributed by atoms with Gasteiger partial charge in [0.1, 0.15) is 11.6 Å². The predicted octanol–water partition coefficient (Wildman–Crippen LogP) is 9.57. The Labute approximate surface area is 258 Å². The van der Waals surface area contributed by atoms with Crippen molar-refractivity contribution in [1.29, 1.82) is 0 Å². The number of hydrogen-bond donors (Lipinski definition) is 0. The van der Waals surface area contributed by atoms with Gasteiger partial charge in [0.05, 0.1) is 27.6 Å². The van der Waals surface area contributed by atoms with Crippen molar-refractivity contribution in [2.45, 2.75) is 12.8 Å². The van der Waals surface area contributed by atoms with Crippen LogP contribution in [0.1, 0.15) is 17.7 Å². The van der Waals surface area contributed by atoms with E-state index in [0.717, 1.165) is 52.1 Å². The van der Waals surface area contributed by atoms with Crippen molar-refractivity contribution in [2.75, 3.05) is 0 Å². The van der Waals surface area contributed by atoms with Gasteiger partial charge in [-0.3, -0.25) is 13.7 Å². The summed E-state index contributed by atoms with van der Waals surface area (Å²) in [7, 11) is 0. The van der Waals surface area contributed by atoms with Crippen molar-refractivity contribution in [1.82, 2.24) is 23.7 Å². The largest absolute Gasteiger partial charge is 0.297 e. The molecule has 0 saturated carbocycles. The number of hydrogen-bond acceptors (Lipinski definition) is 2. The molecule has 1 aliphatic rings. The Morgan fingerprint density at radius 1 is 0.444 bits per heavy atom. The van der Waals surface area contributed by atoms with Crippen LogP contribution in [0, 0.1) is 0 Å². The molecule has 212 valence electrons. The van der Waals surface area contributed by atoms with Crippen LogP contribution < -0.4 is 0 Å². The highest BCUT2D eigenvalue weighted by Crippen LogP contribution is 2.37. The fourth-order valence-corrected chi connectivity index (χ4v) is 7.48. The van der Waals surface area contributed by atoms with E-state index in [1.807, 2.05) is 0 Å². The van der Waals surface area contributed by atoms with Crippen LogP contribution in [0.15, 0.2) is 133 Å². The van der Waals surface area contributed by atoms with Crippen LogP contribution in [0.4, 0.5) is 0 Å². The topological polar surface area (TPSA) is 40.6 Å². The van der Waals surface area contributed by atoms with Gasteiger partial charge >= 0.3 is 0 Å². The third kappa shape index (κ3) is 3.43. The molecule has 5 aromatic carbocycles. The van der Waals surface area contributed by atoms with E-state index in [4.69, 9.17) is 9.97 Å². The number of allylic oxidation sites excluding steroid dienone is 1. The summed E-state index contributed by atoms with van der Waals surface area (Å²) in [4.78, 5) is 10.8. The first-order chi connectivity index (χ1) is 22.3. The van der Waals surface area contributed by atoms with Crippen molar-refractivity contribution >= 4 is 60.6 Å². The standard InChI is InChI=1S/C40H27N5/c1-7-19-32-26(13-1)27-14-2-8-20-33(27)43(32)38-25-39(44-34-21-9-3-15-28(34)29-16-4-10-22-35(29)44)42-40(41-38)45-36-23-11-5-17-30(36)31-18-6-12-24-37(31)45/h1-9,11-21,23-25H,10,22H2. The zero-order chi connectivity index (χ0) is 29.5. The predicted molar refractivity (Wildman–Crippen MR) is 185 cm³/mol. The Hall–Kier alpha value is -5.94. The Kier molecular flexibility index (Phi) is 5.05. The highest BCUT2D eigenvalue weighted by Gasteiger charge is 2.23. The van der Waals surface area contributed by atoms with Crippen molar-refractivity contribution in [3.05, 3.63) is 145 Å². The van der Waals surface area contributed by atoms with E-state index in [1.165, 1.54) is 38.2 Å². The molecule has 9 aromatic rings. The summed E-state index contributed by atoms with van der Waals surface area (Å²) in [5.41, 5.74) is 8.16. The van der Waals surface area contributed by atoms with Gasteiger partial charge in [-0.05, 0) is 43.2 Å². The highest BCUT2D eigenvalue weighted by atomic mass is 15.2. The first-order valence-electron chi connectivity index (χ1n) is 15.5. The lowest BCUT2D eigenvalue weighted by atomic mass is 10.0. The van der Waals surface area contributed by atoms with Crippen molar-refractivity contribution in [3.8, 4) is 17.6 Å². The van der Waals surface area contributed by atoms with E-state index in [2.05, 4.69) is 153 Å². The van der Waals surface area contributed by atoms with Crippen molar-refractivity contribution < 1.29 is 0 Å². The number of fused-ring (bicyclic) bond motifs is 9. The maximum absolute atomic E-state index is 5.42. The molecule has 0 fully saturated rings. The summed E-state index contributed by atoms with van der Waals surface area (Å²) < 4.78 is 6.89. The number of para-hydroxylation sites is 5. The SMILES string of the molecule is C1=Cc2c(n(-c3cc(-n4c5ccccc5c5ccccc54)nc(-n4c5ccccc5c5ccccc54)n3)c3ccccc23)CC1. The van der Waals surface area contributed by atoms with Gasteiger partial charge in [-0.25, -0.2) is 0 Å². The highest BCUT2D eigenvalue weighted by molar-refractivity contribution is 6.10. The molecule has 45 heavy (non-hydrogen) atoms. The van der Waals surface area contributed by atoms with Crippen LogP contribution >= 0.6 is 0 Å². The van der Waals surface area contributed by atoms with Gasteiger partial charge in [-0.15, -0.1) is 0 Å². The first kappa shape index (κ1) is 24.5. The summed E-state index contributed by atoms with van der Waals surface area (Å²) in [5.74, 6) is 2.36. The van der Waals surface area contributed by atoms with Crippen LogP contribution in [-0.4, -0.2) is 23.7 Å². The minimum atomic E-state index is 0.652. The van der Waals surface area contributed by atoms with Crippen molar-refractivity contribution in [2.24, 2.45) is 0 Å². The summed E-state index contributed by atoms with van der Waals surface area (Å²) in [6.07, 6.45) is 6.53. The Morgan fingerprint density at radius 2 is 0.867 bits per heavy atom. The van der Waals surface area contributed by atoms with E-state index >= 15 is 0 Å². The van der Waals surface area contributed by atoms with E-state index in [0.29, 0.717) is 5.95 Å². The fraction of sp³-hybridized carbons (Fsp3) is 0.0500. The molecule has 5 nitrogen and oxygen atoms in total. The normalized spacial score (nSPS) is 13.1. The average molecular weight is 578 g/mol. The summed E-state index contributed by atoms with van der Waals surface area (Å²) in [5, 5.41) is 6.05. The smallest absolute Gasteiger partial charge is 0.238 e. The van der Waals surface area contributed by atoms with E-state index in [1.54, 1.807) is 0 Å². The maximum atomic E-state index is 5.42. The number of benzene rings is 5. The maximum Gasteiger partial charge on any atom is 0.238 e. The molecule has 0 amide bonds. The Bertz CT molecular complexity index is 2430. The molecule has 0 unspecified atom stereocenters. The zero-order valence-electron chi connectivity index (χ0n) is 24.4. The van der Waals surface area contributed by atoms with E-state index in [9.17, 15) is 0 Å². The molecule has 0 spiro atoms. The number of aromatic nitrogens is 5. The molecule has 10 rings (SSSR count). The first-order valence-corrected chi connectivity index (χ1v) is 15.5. The van der Waals surface area contributed by atoms with Crippen LogP contribution in [0.3, 0.4) is 0 Å². The number of rotatable bonds is 3. The zero-order valence-corrected chi connectivity index (χ0v) is 24.4. The molecule has 0 bridgehead atoms. The molecule has 4 aromatic heterocycles. The Balaban J connectivity index is 1.37. The van der Waals surface area contributed by atoms with E-state index in [-0.39, 0.29) is 0 Å². The molecule has 0 radical (unpaired) electrons. The minimum absolute atomic E-state index is 0.652. The quantitative estimate of drug-likeness (QED) is 0.210. The molecule has 0 aliphatic heterocycles. The van der Waals surface area contributed by atoms with Gasteiger partial charge in [0.25, 0.3) is 0 Å². The fourth-order valence-electron chi connectivity index (χ4n) is 7.48. The molecule has 1 aliphatic carbocycles. The van der Waals surface area contributed by atoms with Crippen LogP contribution in [0.5, 0.6) is 0 Å². The third-order valence-corrected chi connectivity index (χ3v) is 9.35. The molecular formula is C40H27N5. The minimum Gasteiger partial charge on any atom is -0.297 e. The second kappa shape index (κ2) is 9.28. The van der Waals surface area contributed by atoms with Crippen molar-refractivity contribution in [3.63, 3.8) is 0 Å². The Morgan fingerprint density at radius 3 is 1.40 bits per heavy atom. The van der Waals surface area contributed by atoms with Gasteiger partial charge < -0.3 is 0 Å². The monoisotopic (exact) mass is 577 g/mol. The molecule has 4 heterocycles. The second-order valence-electron chi connectivity index (χ2n) is 11.8. The average Bonchev–Trinajstić information content (AvgIpc) is 3.74. The molecular weight excluding hydrogens is 550 g/mol. The molecule has 5 heteroatoms. The van der Waals surface area contributed by atoms with Crippen LogP contribution in [0.2, 0.25) is 0 Å². The van der Waals surface area contributed by atoms with Gasteiger partial charge in [0.2, 0.25) is 5.95 Å². The molecule has 0 N–H and O–H groups in total. The van der Waals surface area contributed by atoms with Gasteiger partial charge in [0.15, 0.2) is 0 Å². The lowest BCUT2D eigenvalue weighted by molar-refractivity contribution is 0.848. The van der Waals surface area contributed by atoms with Crippen LogP contribution in [-0.2, 0) is 6.42 Å². The van der Waals surface area contributed by atoms with Gasteiger partial charge in [-0.1, -0.05) is 103 Å². The summed E-state index contributed by atoms with van der Waals surface area (Å²) >= 11 is 0. The van der Waals surface area contributed by atoms with Crippen LogP contribution in [0.25, 0.3) is 78.2 Å². The number of nitrogens with zero attached hydrogens (tertiary/aromatic N) is 5. The summed E-state index contributed by atoms with van der Waals surface area (Å²) in [6.45, 7) is 0. The third-order valence-electron chi connectivity index (χ3n) is 9.35. The lowest BCUT2D eigenvalue weighted by Crippen LogP contribution is -2.12. The molecule has 0 saturated heterocycles. The van der Waals surface area contributed by atoms with Gasteiger partial charge in [0, 0.05) is 44.3 Å². The van der Waals surface area contributed by atoms with E-state index < -0.39 is 0 Å². The van der Waals surface area contributed by atoms with Gasteiger partial charge in [-0.2, -0.15) is 9.97 Å². The second-order valence-corrected chi connectivity index (χ2v) is 11.8.